The van der Waals surface area contributed by atoms with Crippen molar-refractivity contribution in [1.82, 2.24) is 5.32 Å². The molecule has 2 N–H and O–H groups in total. The zero-order valence-corrected chi connectivity index (χ0v) is 9.58. The molecule has 0 aliphatic carbocycles. The smallest absolute Gasteiger partial charge is 0.251 e. The lowest BCUT2D eigenvalue weighted by Gasteiger charge is -2.23. The van der Waals surface area contributed by atoms with Crippen LogP contribution in [0.2, 0.25) is 0 Å². The van der Waals surface area contributed by atoms with Crippen molar-refractivity contribution >= 4 is 5.91 Å². The Balaban J connectivity index is 2.12. The van der Waals surface area contributed by atoms with Gasteiger partial charge in [0.2, 0.25) is 0 Å². The summed E-state index contributed by atoms with van der Waals surface area (Å²) in [5.41, 5.74) is -1.28. The molecule has 15 heavy (non-hydrogen) atoms. The average Bonchev–Trinajstić information content (AvgIpc) is 2.18. The first kappa shape index (κ1) is 12.5. The summed E-state index contributed by atoms with van der Waals surface area (Å²) < 4.78 is 5.53. The Hall–Kier alpha value is -0.610. The van der Waals surface area contributed by atoms with Crippen molar-refractivity contribution in [3.8, 4) is 0 Å². The molecule has 0 radical (unpaired) electrons. The minimum absolute atomic E-state index is 0.279. The van der Waals surface area contributed by atoms with Gasteiger partial charge in [-0.05, 0) is 39.5 Å². The highest BCUT2D eigenvalue weighted by molar-refractivity contribution is 5.83. The zero-order valence-electron chi connectivity index (χ0n) is 9.58. The standard InChI is InChI=1S/C11H21NO3/c1-11(2,14)10(13)12-7-6-9-5-3-4-8-15-9/h9,14H,3-8H2,1-2H3,(H,12,13). The maximum absolute atomic E-state index is 11.3. The van der Waals surface area contributed by atoms with Gasteiger partial charge >= 0.3 is 0 Å². The Morgan fingerprint density at radius 3 is 2.80 bits per heavy atom. The number of carbonyl (C=O) groups is 1. The van der Waals surface area contributed by atoms with E-state index in [0.717, 1.165) is 25.9 Å². The van der Waals surface area contributed by atoms with Gasteiger partial charge in [-0.15, -0.1) is 0 Å². The minimum Gasteiger partial charge on any atom is -0.381 e. The molecule has 88 valence electrons. The average molecular weight is 215 g/mol. The molecule has 0 bridgehead atoms. The number of rotatable bonds is 4. The highest BCUT2D eigenvalue weighted by Gasteiger charge is 2.23. The number of aliphatic hydroxyl groups is 1. The monoisotopic (exact) mass is 215 g/mol. The van der Waals surface area contributed by atoms with Gasteiger partial charge in [-0.1, -0.05) is 0 Å². The SMILES string of the molecule is CC(C)(O)C(=O)NCCC1CCCCO1. The molecule has 0 aromatic carbocycles. The summed E-state index contributed by atoms with van der Waals surface area (Å²) in [6.07, 6.45) is 4.55. The van der Waals surface area contributed by atoms with E-state index in [0.29, 0.717) is 6.54 Å². The Kier molecular flexibility index (Phi) is 4.54. The molecule has 1 unspecified atom stereocenters. The van der Waals surface area contributed by atoms with Gasteiger partial charge < -0.3 is 15.2 Å². The molecular formula is C11H21NO3. The second kappa shape index (κ2) is 5.47. The number of nitrogens with one attached hydrogen (secondary N) is 1. The van der Waals surface area contributed by atoms with E-state index in [1.165, 1.54) is 20.3 Å². The number of carbonyl (C=O) groups excluding carboxylic acids is 1. The topological polar surface area (TPSA) is 58.6 Å². The molecule has 1 amide bonds. The molecule has 1 aliphatic heterocycles. The van der Waals surface area contributed by atoms with E-state index < -0.39 is 5.60 Å². The van der Waals surface area contributed by atoms with E-state index in [2.05, 4.69) is 5.32 Å². The molecule has 1 rings (SSSR count). The predicted molar refractivity (Wildman–Crippen MR) is 57.5 cm³/mol. The van der Waals surface area contributed by atoms with Crippen molar-refractivity contribution in [3.05, 3.63) is 0 Å². The predicted octanol–water partition coefficient (Wildman–Crippen LogP) is 0.833. The molecule has 0 aromatic rings. The van der Waals surface area contributed by atoms with E-state index in [1.54, 1.807) is 0 Å². The highest BCUT2D eigenvalue weighted by atomic mass is 16.5. The molecule has 1 atom stereocenters. The van der Waals surface area contributed by atoms with Gasteiger partial charge in [0.15, 0.2) is 0 Å². The Morgan fingerprint density at radius 2 is 2.27 bits per heavy atom. The van der Waals surface area contributed by atoms with Crippen LogP contribution in [0.3, 0.4) is 0 Å². The van der Waals surface area contributed by atoms with Crippen LogP contribution in [0.25, 0.3) is 0 Å². The van der Waals surface area contributed by atoms with E-state index in [1.807, 2.05) is 0 Å². The molecular weight excluding hydrogens is 194 g/mol. The quantitative estimate of drug-likeness (QED) is 0.730. The Bertz CT molecular complexity index is 204. The van der Waals surface area contributed by atoms with E-state index in [9.17, 15) is 9.90 Å². The summed E-state index contributed by atoms with van der Waals surface area (Å²) in [6, 6.07) is 0. The third-order valence-electron chi connectivity index (χ3n) is 2.58. The van der Waals surface area contributed by atoms with E-state index in [-0.39, 0.29) is 12.0 Å². The first-order valence-corrected chi connectivity index (χ1v) is 5.62. The van der Waals surface area contributed by atoms with Crippen LogP contribution in [-0.4, -0.2) is 35.9 Å². The molecule has 1 fully saturated rings. The van der Waals surface area contributed by atoms with Crippen LogP contribution in [0.5, 0.6) is 0 Å². The van der Waals surface area contributed by atoms with Gasteiger partial charge in [-0.3, -0.25) is 4.79 Å². The van der Waals surface area contributed by atoms with Crippen LogP contribution < -0.4 is 5.32 Å². The van der Waals surface area contributed by atoms with Crippen molar-refractivity contribution in [2.24, 2.45) is 0 Å². The van der Waals surface area contributed by atoms with Crippen LogP contribution >= 0.6 is 0 Å². The third-order valence-corrected chi connectivity index (χ3v) is 2.58. The fourth-order valence-electron chi connectivity index (χ4n) is 1.60. The largest absolute Gasteiger partial charge is 0.381 e. The summed E-state index contributed by atoms with van der Waals surface area (Å²) >= 11 is 0. The van der Waals surface area contributed by atoms with Crippen LogP contribution in [0.15, 0.2) is 0 Å². The van der Waals surface area contributed by atoms with Crippen LogP contribution in [0, 0.1) is 0 Å². The maximum atomic E-state index is 11.3. The normalized spacial score (nSPS) is 22.5. The first-order chi connectivity index (χ1) is 7.00. The molecule has 1 heterocycles. The van der Waals surface area contributed by atoms with Gasteiger partial charge in [0, 0.05) is 13.2 Å². The third kappa shape index (κ3) is 4.62. The van der Waals surface area contributed by atoms with Gasteiger partial charge in [0.05, 0.1) is 6.10 Å². The Morgan fingerprint density at radius 1 is 1.53 bits per heavy atom. The molecule has 1 aliphatic rings. The fourth-order valence-corrected chi connectivity index (χ4v) is 1.60. The minimum atomic E-state index is -1.28. The lowest BCUT2D eigenvalue weighted by molar-refractivity contribution is -0.136. The van der Waals surface area contributed by atoms with Gasteiger partial charge in [-0.2, -0.15) is 0 Å². The highest BCUT2D eigenvalue weighted by Crippen LogP contribution is 2.14. The van der Waals surface area contributed by atoms with E-state index >= 15 is 0 Å². The number of amides is 1. The fraction of sp³-hybridized carbons (Fsp3) is 0.909. The molecule has 1 saturated heterocycles. The van der Waals surface area contributed by atoms with Gasteiger partial charge in [0.25, 0.3) is 5.91 Å². The zero-order chi connectivity index (χ0) is 11.3. The van der Waals surface area contributed by atoms with Gasteiger partial charge in [-0.25, -0.2) is 0 Å². The van der Waals surface area contributed by atoms with E-state index in [4.69, 9.17) is 4.74 Å². The van der Waals surface area contributed by atoms with Crippen LogP contribution in [0.1, 0.15) is 39.5 Å². The number of hydrogen-bond donors (Lipinski definition) is 2. The lowest BCUT2D eigenvalue weighted by Crippen LogP contribution is -2.43. The first-order valence-electron chi connectivity index (χ1n) is 5.62. The molecule has 0 spiro atoms. The Labute approximate surface area is 91.0 Å². The molecule has 0 saturated carbocycles. The number of ether oxygens (including phenoxy) is 1. The van der Waals surface area contributed by atoms with Gasteiger partial charge in [0.1, 0.15) is 5.60 Å². The maximum Gasteiger partial charge on any atom is 0.251 e. The molecule has 0 aromatic heterocycles. The summed E-state index contributed by atoms with van der Waals surface area (Å²) in [5, 5.41) is 12.1. The summed E-state index contributed by atoms with van der Waals surface area (Å²) in [4.78, 5) is 11.3. The van der Waals surface area contributed by atoms with Crippen molar-refractivity contribution in [3.63, 3.8) is 0 Å². The second-order valence-electron chi connectivity index (χ2n) is 4.59. The van der Waals surface area contributed by atoms with Crippen molar-refractivity contribution < 1.29 is 14.6 Å². The van der Waals surface area contributed by atoms with Crippen LogP contribution in [0.4, 0.5) is 0 Å². The number of hydrogen-bond acceptors (Lipinski definition) is 3. The van der Waals surface area contributed by atoms with Crippen molar-refractivity contribution in [1.29, 1.82) is 0 Å². The summed E-state index contributed by atoms with van der Waals surface area (Å²) in [6.45, 7) is 4.39. The molecule has 4 nitrogen and oxygen atoms in total. The second-order valence-corrected chi connectivity index (χ2v) is 4.59. The molecule has 4 heteroatoms. The van der Waals surface area contributed by atoms with Crippen molar-refractivity contribution in [2.75, 3.05) is 13.2 Å². The summed E-state index contributed by atoms with van der Waals surface area (Å²) in [7, 11) is 0. The summed E-state index contributed by atoms with van der Waals surface area (Å²) in [5.74, 6) is -0.321. The van der Waals surface area contributed by atoms with Crippen molar-refractivity contribution in [2.45, 2.75) is 51.2 Å². The lowest BCUT2D eigenvalue weighted by atomic mass is 10.1. The van der Waals surface area contributed by atoms with Crippen LogP contribution in [-0.2, 0) is 9.53 Å².